The molecule has 0 bridgehead atoms. The van der Waals surface area contributed by atoms with Gasteiger partial charge in [0.25, 0.3) is 0 Å². The number of nitrogens with one attached hydrogen (secondary N) is 1. The number of hydrazine groups is 1. The molecule has 4 heteroatoms. The molecule has 0 aliphatic heterocycles. The SMILES string of the molecule is NNc1cc(CSCC2CCCC2)ccn1. The van der Waals surface area contributed by atoms with Crippen molar-refractivity contribution in [1.82, 2.24) is 4.98 Å². The highest BCUT2D eigenvalue weighted by molar-refractivity contribution is 7.98. The fourth-order valence-electron chi connectivity index (χ4n) is 2.16. The van der Waals surface area contributed by atoms with E-state index in [0.29, 0.717) is 0 Å². The van der Waals surface area contributed by atoms with Crippen LogP contribution in [0.25, 0.3) is 0 Å². The van der Waals surface area contributed by atoms with Gasteiger partial charge in [0.05, 0.1) is 0 Å². The monoisotopic (exact) mass is 237 g/mol. The maximum atomic E-state index is 5.33. The Kier molecular flexibility index (Phi) is 4.48. The Hall–Kier alpha value is -0.740. The number of hydrogen-bond acceptors (Lipinski definition) is 4. The zero-order valence-electron chi connectivity index (χ0n) is 9.48. The summed E-state index contributed by atoms with van der Waals surface area (Å²) in [7, 11) is 0. The predicted octanol–water partition coefficient (Wildman–Crippen LogP) is 2.79. The molecule has 1 fully saturated rings. The summed E-state index contributed by atoms with van der Waals surface area (Å²) in [5.41, 5.74) is 3.88. The molecule has 1 heterocycles. The zero-order valence-corrected chi connectivity index (χ0v) is 10.3. The van der Waals surface area contributed by atoms with E-state index in [9.17, 15) is 0 Å². The number of aromatic nitrogens is 1. The van der Waals surface area contributed by atoms with Gasteiger partial charge in [-0.2, -0.15) is 11.8 Å². The van der Waals surface area contributed by atoms with Crippen LogP contribution in [0.15, 0.2) is 18.3 Å². The molecule has 16 heavy (non-hydrogen) atoms. The predicted molar refractivity (Wildman–Crippen MR) is 70.2 cm³/mol. The molecule has 1 aromatic heterocycles. The Labute approximate surface area is 101 Å². The maximum absolute atomic E-state index is 5.33. The van der Waals surface area contributed by atoms with Crippen molar-refractivity contribution in [2.24, 2.45) is 11.8 Å². The third-order valence-electron chi connectivity index (χ3n) is 3.07. The van der Waals surface area contributed by atoms with Crippen LogP contribution in [-0.4, -0.2) is 10.7 Å². The minimum absolute atomic E-state index is 0.749. The number of nitrogens with two attached hydrogens (primary N) is 1. The van der Waals surface area contributed by atoms with Crippen LogP contribution in [0.2, 0.25) is 0 Å². The second-order valence-electron chi connectivity index (χ2n) is 4.36. The lowest BCUT2D eigenvalue weighted by Crippen LogP contribution is -2.08. The van der Waals surface area contributed by atoms with Crippen LogP contribution in [0.1, 0.15) is 31.2 Å². The van der Waals surface area contributed by atoms with Crippen molar-refractivity contribution in [3.05, 3.63) is 23.9 Å². The number of hydrogen-bond donors (Lipinski definition) is 2. The van der Waals surface area contributed by atoms with Gasteiger partial charge in [-0.25, -0.2) is 10.8 Å². The number of pyridine rings is 1. The first-order chi connectivity index (χ1) is 7.88. The van der Waals surface area contributed by atoms with E-state index in [4.69, 9.17) is 5.84 Å². The number of anilines is 1. The maximum Gasteiger partial charge on any atom is 0.140 e. The van der Waals surface area contributed by atoms with Gasteiger partial charge in [0.15, 0.2) is 0 Å². The van der Waals surface area contributed by atoms with Crippen LogP contribution >= 0.6 is 11.8 Å². The highest BCUT2D eigenvalue weighted by Gasteiger charge is 2.14. The molecule has 1 aromatic rings. The first-order valence-corrected chi connectivity index (χ1v) is 7.03. The van der Waals surface area contributed by atoms with Gasteiger partial charge in [-0.3, -0.25) is 0 Å². The standard InChI is InChI=1S/C12H19N3S/c13-15-12-7-11(5-6-14-12)9-16-8-10-3-1-2-4-10/h5-7,10H,1-4,8-9,13H2,(H,14,15). The Morgan fingerprint density at radius 1 is 1.44 bits per heavy atom. The Morgan fingerprint density at radius 2 is 2.25 bits per heavy atom. The van der Waals surface area contributed by atoms with Crippen molar-refractivity contribution in [2.75, 3.05) is 11.2 Å². The summed E-state index contributed by atoms with van der Waals surface area (Å²) in [6, 6.07) is 4.07. The van der Waals surface area contributed by atoms with Gasteiger partial charge in [-0.15, -0.1) is 0 Å². The molecule has 1 aliphatic rings. The lowest BCUT2D eigenvalue weighted by molar-refractivity contribution is 0.623. The summed E-state index contributed by atoms with van der Waals surface area (Å²) in [4.78, 5) is 4.10. The number of nitrogens with zero attached hydrogens (tertiary/aromatic N) is 1. The fraction of sp³-hybridized carbons (Fsp3) is 0.583. The van der Waals surface area contributed by atoms with E-state index in [1.165, 1.54) is 37.0 Å². The molecule has 2 rings (SSSR count). The molecular formula is C12H19N3S. The molecular weight excluding hydrogens is 218 g/mol. The lowest BCUT2D eigenvalue weighted by atomic mass is 10.1. The summed E-state index contributed by atoms with van der Waals surface area (Å²) in [6.07, 6.45) is 7.53. The van der Waals surface area contributed by atoms with Crippen LogP contribution in [0.5, 0.6) is 0 Å². The van der Waals surface area contributed by atoms with E-state index in [1.807, 2.05) is 17.8 Å². The van der Waals surface area contributed by atoms with Crippen LogP contribution in [0.3, 0.4) is 0 Å². The molecule has 0 spiro atoms. The average Bonchev–Trinajstić information content (AvgIpc) is 2.82. The Bertz CT molecular complexity index is 324. The Balaban J connectivity index is 1.75. The van der Waals surface area contributed by atoms with Crippen LogP contribution in [0, 0.1) is 5.92 Å². The van der Waals surface area contributed by atoms with E-state index >= 15 is 0 Å². The minimum atomic E-state index is 0.749. The number of nitrogen functional groups attached to an aromatic ring is 1. The zero-order chi connectivity index (χ0) is 11.2. The van der Waals surface area contributed by atoms with Gasteiger partial charge >= 0.3 is 0 Å². The highest BCUT2D eigenvalue weighted by Crippen LogP contribution is 2.29. The van der Waals surface area contributed by atoms with Gasteiger partial charge in [0, 0.05) is 11.9 Å². The molecule has 88 valence electrons. The second-order valence-corrected chi connectivity index (χ2v) is 5.39. The molecule has 3 nitrogen and oxygen atoms in total. The molecule has 0 atom stereocenters. The summed E-state index contributed by atoms with van der Waals surface area (Å²) >= 11 is 2.03. The van der Waals surface area contributed by atoms with Crippen molar-refractivity contribution in [3.8, 4) is 0 Å². The summed E-state index contributed by atoms with van der Waals surface area (Å²) in [6.45, 7) is 0. The quantitative estimate of drug-likeness (QED) is 0.611. The molecule has 0 amide bonds. The molecule has 3 N–H and O–H groups in total. The second kappa shape index (κ2) is 6.11. The molecule has 0 aromatic carbocycles. The van der Waals surface area contributed by atoms with E-state index in [1.54, 1.807) is 6.20 Å². The van der Waals surface area contributed by atoms with Gasteiger partial charge in [-0.1, -0.05) is 12.8 Å². The van der Waals surface area contributed by atoms with E-state index in [2.05, 4.69) is 16.5 Å². The van der Waals surface area contributed by atoms with E-state index in [-0.39, 0.29) is 0 Å². The van der Waals surface area contributed by atoms with Gasteiger partial charge in [-0.05, 0) is 42.2 Å². The van der Waals surface area contributed by atoms with Crippen molar-refractivity contribution < 1.29 is 0 Å². The fourth-order valence-corrected chi connectivity index (χ4v) is 3.36. The van der Waals surface area contributed by atoms with E-state index in [0.717, 1.165) is 17.5 Å². The van der Waals surface area contributed by atoms with Crippen molar-refractivity contribution in [3.63, 3.8) is 0 Å². The third-order valence-corrected chi connectivity index (χ3v) is 4.31. The van der Waals surface area contributed by atoms with Crippen LogP contribution in [-0.2, 0) is 5.75 Å². The molecule has 1 aliphatic carbocycles. The molecule has 0 unspecified atom stereocenters. The minimum Gasteiger partial charge on any atom is -0.308 e. The summed E-state index contributed by atoms with van der Waals surface area (Å²) < 4.78 is 0. The topological polar surface area (TPSA) is 50.9 Å². The molecule has 0 saturated heterocycles. The van der Waals surface area contributed by atoms with Gasteiger partial charge < -0.3 is 5.43 Å². The van der Waals surface area contributed by atoms with Crippen molar-refractivity contribution in [2.45, 2.75) is 31.4 Å². The van der Waals surface area contributed by atoms with Crippen molar-refractivity contribution in [1.29, 1.82) is 0 Å². The molecule has 1 saturated carbocycles. The third kappa shape index (κ3) is 3.39. The first-order valence-electron chi connectivity index (χ1n) is 5.88. The highest BCUT2D eigenvalue weighted by atomic mass is 32.2. The molecule has 0 radical (unpaired) electrons. The summed E-state index contributed by atoms with van der Waals surface area (Å²) in [5, 5.41) is 0. The van der Waals surface area contributed by atoms with Crippen LogP contribution < -0.4 is 11.3 Å². The average molecular weight is 237 g/mol. The van der Waals surface area contributed by atoms with Gasteiger partial charge in [0.1, 0.15) is 5.82 Å². The normalized spacial score (nSPS) is 16.6. The number of thioether (sulfide) groups is 1. The largest absolute Gasteiger partial charge is 0.308 e. The van der Waals surface area contributed by atoms with Crippen molar-refractivity contribution >= 4 is 17.6 Å². The Morgan fingerprint density at radius 3 is 3.00 bits per heavy atom. The van der Waals surface area contributed by atoms with Crippen LogP contribution in [0.4, 0.5) is 5.82 Å². The number of rotatable bonds is 5. The van der Waals surface area contributed by atoms with Gasteiger partial charge in [0.2, 0.25) is 0 Å². The first kappa shape index (κ1) is 11.7. The van der Waals surface area contributed by atoms with E-state index < -0.39 is 0 Å². The lowest BCUT2D eigenvalue weighted by Gasteiger charge is -2.08. The smallest absolute Gasteiger partial charge is 0.140 e. The summed E-state index contributed by atoms with van der Waals surface area (Å²) in [5.74, 6) is 9.40.